The fourth-order valence-electron chi connectivity index (χ4n) is 3.10. The van der Waals surface area contributed by atoms with Gasteiger partial charge in [0.1, 0.15) is 5.54 Å². The van der Waals surface area contributed by atoms with E-state index in [0.29, 0.717) is 18.9 Å². The maximum absolute atomic E-state index is 12.1. The monoisotopic (exact) mass is 304 g/mol. The van der Waals surface area contributed by atoms with Crippen LogP contribution in [0.5, 0.6) is 0 Å². The van der Waals surface area contributed by atoms with E-state index in [-0.39, 0.29) is 5.91 Å². The van der Waals surface area contributed by atoms with Crippen LogP contribution in [0.1, 0.15) is 38.1 Å². The fourth-order valence-corrected chi connectivity index (χ4v) is 3.10. The van der Waals surface area contributed by atoms with Crippen LogP contribution in [0.3, 0.4) is 0 Å². The highest BCUT2D eigenvalue weighted by Crippen LogP contribution is 2.26. The van der Waals surface area contributed by atoms with Gasteiger partial charge in [0.25, 0.3) is 5.91 Å². The number of aryl methyl sites for hydroxylation is 2. The molecular formula is C14H20N6O2. The van der Waals surface area contributed by atoms with Crippen LogP contribution < -0.4 is 15.5 Å². The molecule has 0 aromatic carbocycles. The quantitative estimate of drug-likeness (QED) is 0.772. The lowest BCUT2D eigenvalue weighted by atomic mass is 9.89. The number of rotatable bonds is 3. The Morgan fingerprint density at radius 1 is 1.18 bits per heavy atom. The van der Waals surface area contributed by atoms with E-state index < -0.39 is 11.6 Å². The largest absolute Gasteiger partial charge is 0.337 e. The van der Waals surface area contributed by atoms with Gasteiger partial charge in [-0.3, -0.25) is 10.1 Å². The number of nitrogens with zero attached hydrogens (tertiary/aromatic N) is 4. The zero-order chi connectivity index (χ0) is 15.7. The van der Waals surface area contributed by atoms with Crippen molar-refractivity contribution in [3.05, 3.63) is 11.4 Å². The molecule has 2 aliphatic rings. The Bertz CT molecular complexity index is 619. The summed E-state index contributed by atoms with van der Waals surface area (Å²) in [4.78, 5) is 30.1. The van der Waals surface area contributed by atoms with E-state index >= 15 is 0 Å². The minimum absolute atomic E-state index is 0.268. The van der Waals surface area contributed by atoms with Crippen molar-refractivity contribution in [2.24, 2.45) is 0 Å². The second-order valence-electron chi connectivity index (χ2n) is 5.73. The van der Waals surface area contributed by atoms with Gasteiger partial charge in [0.15, 0.2) is 0 Å². The van der Waals surface area contributed by atoms with E-state index in [9.17, 15) is 9.59 Å². The summed E-state index contributed by atoms with van der Waals surface area (Å²) >= 11 is 0. The van der Waals surface area contributed by atoms with Crippen LogP contribution in [-0.2, 0) is 17.6 Å². The fraction of sp³-hybridized carbons (Fsp3) is 0.643. The number of anilines is 1. The molecule has 22 heavy (non-hydrogen) atoms. The number of aromatic nitrogens is 3. The SMILES string of the molecule is CCc1nnc(N2CCCC3(C2)NC(=O)NC3=O)nc1CC. The molecule has 0 aliphatic carbocycles. The van der Waals surface area contributed by atoms with Crippen LogP contribution in [0, 0.1) is 0 Å². The average molecular weight is 304 g/mol. The smallest absolute Gasteiger partial charge is 0.322 e. The minimum Gasteiger partial charge on any atom is -0.337 e. The number of urea groups is 1. The van der Waals surface area contributed by atoms with Gasteiger partial charge in [0.05, 0.1) is 17.9 Å². The number of hydrogen-bond donors (Lipinski definition) is 2. The molecule has 3 heterocycles. The van der Waals surface area contributed by atoms with Crippen molar-refractivity contribution in [2.45, 2.75) is 45.1 Å². The van der Waals surface area contributed by atoms with Crippen LogP contribution >= 0.6 is 0 Å². The highest BCUT2D eigenvalue weighted by molar-refractivity contribution is 6.07. The van der Waals surface area contributed by atoms with Gasteiger partial charge >= 0.3 is 6.03 Å². The molecule has 3 amide bonds. The average Bonchev–Trinajstić information content (AvgIpc) is 2.79. The third-order valence-electron chi connectivity index (χ3n) is 4.29. The van der Waals surface area contributed by atoms with Gasteiger partial charge in [-0.25, -0.2) is 9.78 Å². The van der Waals surface area contributed by atoms with Crippen molar-refractivity contribution in [3.63, 3.8) is 0 Å². The Balaban J connectivity index is 1.86. The van der Waals surface area contributed by atoms with Gasteiger partial charge < -0.3 is 10.2 Å². The molecule has 8 nitrogen and oxygen atoms in total. The highest BCUT2D eigenvalue weighted by Gasteiger charge is 2.49. The Hall–Kier alpha value is -2.25. The summed E-state index contributed by atoms with van der Waals surface area (Å²) in [6.45, 7) is 5.19. The Morgan fingerprint density at radius 2 is 1.95 bits per heavy atom. The first-order valence-electron chi connectivity index (χ1n) is 7.69. The van der Waals surface area contributed by atoms with E-state index in [1.54, 1.807) is 0 Å². The van der Waals surface area contributed by atoms with Crippen LogP contribution in [0.4, 0.5) is 10.7 Å². The van der Waals surface area contributed by atoms with Crippen molar-refractivity contribution in [3.8, 4) is 0 Å². The Labute approximate surface area is 128 Å². The maximum atomic E-state index is 12.1. The first kappa shape index (κ1) is 14.7. The lowest BCUT2D eigenvalue weighted by Crippen LogP contribution is -2.59. The second-order valence-corrected chi connectivity index (χ2v) is 5.73. The van der Waals surface area contributed by atoms with E-state index in [0.717, 1.165) is 37.2 Å². The van der Waals surface area contributed by atoms with E-state index in [2.05, 4.69) is 25.8 Å². The molecule has 1 spiro atoms. The molecule has 2 aliphatic heterocycles. The van der Waals surface area contributed by atoms with Gasteiger partial charge in [-0.1, -0.05) is 13.8 Å². The molecule has 1 aromatic heterocycles. The lowest BCUT2D eigenvalue weighted by molar-refractivity contribution is -0.124. The standard InChI is InChI=1S/C14H20N6O2/c1-3-9-10(4-2)18-19-12(15-9)20-7-5-6-14(8-20)11(21)16-13(22)17-14/h3-8H2,1-2H3,(H2,16,17,21,22). The van der Waals surface area contributed by atoms with Gasteiger partial charge in [-0.05, 0) is 25.7 Å². The van der Waals surface area contributed by atoms with E-state index in [1.807, 2.05) is 18.7 Å². The third kappa shape index (κ3) is 2.38. The second kappa shape index (κ2) is 5.51. The Morgan fingerprint density at radius 3 is 2.59 bits per heavy atom. The Kier molecular flexibility index (Phi) is 3.67. The highest BCUT2D eigenvalue weighted by atomic mass is 16.2. The molecule has 118 valence electrons. The first-order chi connectivity index (χ1) is 10.6. The van der Waals surface area contributed by atoms with Crippen molar-refractivity contribution in [2.75, 3.05) is 18.0 Å². The third-order valence-corrected chi connectivity index (χ3v) is 4.29. The predicted molar refractivity (Wildman–Crippen MR) is 79.4 cm³/mol. The van der Waals surface area contributed by atoms with Crippen LogP contribution in [0.2, 0.25) is 0 Å². The van der Waals surface area contributed by atoms with Crippen LogP contribution in [-0.4, -0.2) is 45.7 Å². The number of piperidine rings is 1. The number of carbonyl (C=O) groups excluding carboxylic acids is 2. The van der Waals surface area contributed by atoms with Crippen molar-refractivity contribution in [1.29, 1.82) is 0 Å². The van der Waals surface area contributed by atoms with Crippen molar-refractivity contribution < 1.29 is 9.59 Å². The van der Waals surface area contributed by atoms with Gasteiger partial charge in [0, 0.05) is 6.54 Å². The molecule has 3 rings (SSSR count). The summed E-state index contributed by atoms with van der Waals surface area (Å²) in [7, 11) is 0. The molecule has 1 unspecified atom stereocenters. The number of imide groups is 1. The topological polar surface area (TPSA) is 100 Å². The summed E-state index contributed by atoms with van der Waals surface area (Å²) in [5, 5.41) is 13.5. The number of amides is 3. The minimum atomic E-state index is -0.867. The van der Waals surface area contributed by atoms with Crippen molar-refractivity contribution in [1.82, 2.24) is 25.8 Å². The molecule has 0 radical (unpaired) electrons. The first-order valence-corrected chi connectivity index (χ1v) is 7.69. The lowest BCUT2D eigenvalue weighted by Gasteiger charge is -2.37. The van der Waals surface area contributed by atoms with E-state index in [4.69, 9.17) is 0 Å². The predicted octanol–water partition coefficient (Wildman–Crippen LogP) is 0.175. The normalized spacial score (nSPS) is 24.5. The van der Waals surface area contributed by atoms with Crippen LogP contribution in [0.25, 0.3) is 0 Å². The number of nitrogens with one attached hydrogen (secondary N) is 2. The molecule has 2 N–H and O–H groups in total. The number of hydrogen-bond acceptors (Lipinski definition) is 6. The summed E-state index contributed by atoms with van der Waals surface area (Å²) < 4.78 is 0. The number of carbonyl (C=O) groups is 2. The summed E-state index contributed by atoms with van der Waals surface area (Å²) in [6, 6.07) is -0.429. The maximum Gasteiger partial charge on any atom is 0.322 e. The van der Waals surface area contributed by atoms with Crippen LogP contribution in [0.15, 0.2) is 0 Å². The molecule has 2 saturated heterocycles. The van der Waals surface area contributed by atoms with Crippen molar-refractivity contribution >= 4 is 17.9 Å². The molecule has 0 bridgehead atoms. The zero-order valence-corrected chi connectivity index (χ0v) is 12.8. The summed E-state index contributed by atoms with van der Waals surface area (Å²) in [5.74, 6) is 0.262. The summed E-state index contributed by atoms with van der Waals surface area (Å²) in [5.41, 5.74) is 0.978. The van der Waals surface area contributed by atoms with E-state index in [1.165, 1.54) is 0 Å². The summed E-state index contributed by atoms with van der Waals surface area (Å²) in [6.07, 6.45) is 3.00. The molecule has 8 heteroatoms. The molecule has 1 atom stereocenters. The molecular weight excluding hydrogens is 284 g/mol. The molecule has 0 saturated carbocycles. The molecule has 1 aromatic rings. The van der Waals surface area contributed by atoms with Gasteiger partial charge in [-0.2, -0.15) is 5.10 Å². The molecule has 2 fully saturated rings. The van der Waals surface area contributed by atoms with Gasteiger partial charge in [-0.15, -0.1) is 5.10 Å². The van der Waals surface area contributed by atoms with Gasteiger partial charge in [0.2, 0.25) is 5.95 Å². The zero-order valence-electron chi connectivity index (χ0n) is 12.8.